The SMILES string of the molecule is c1ccc(-c2nc(-c3ccccc3)nc(-c3cccc(-n4c5ccccc5c5ccc6c7ccccc7n(-c7ccccc7)c6c54)c3)n2)cc1.c1ccc(-n2c3ccccc3c3c2ccc2c4ccccc4n(-c4ccccc4)c23)cc1.c1ccc(-n2c3ccccc3c3c4c5ccccc5n(-c5ccccc5)c4ccc32)cc1.c1ccc(-n2c3ccccc3c3cc4c5ccccc5n(-c5ccccc5)c4cc32)cc1. The molecular formula is C135H89N11. The Labute approximate surface area is 839 Å². The topological polar surface area (TPSA) is 78.1 Å². The van der Waals surface area contributed by atoms with Crippen LogP contribution < -0.4 is 0 Å². The molecule has 9 heterocycles. The van der Waals surface area contributed by atoms with Gasteiger partial charge >= 0.3 is 0 Å². The number of rotatable bonds is 11. The van der Waals surface area contributed by atoms with Gasteiger partial charge in [0.05, 0.1) is 88.3 Å². The van der Waals surface area contributed by atoms with Crippen LogP contribution in [0.15, 0.2) is 540 Å². The van der Waals surface area contributed by atoms with E-state index in [4.69, 9.17) is 15.0 Å². The van der Waals surface area contributed by atoms with E-state index in [1.54, 1.807) is 0 Å². The van der Waals surface area contributed by atoms with Crippen molar-refractivity contribution in [2.45, 2.75) is 0 Å². The summed E-state index contributed by atoms with van der Waals surface area (Å²) in [6.45, 7) is 0. The second kappa shape index (κ2) is 35.2. The monoisotopic (exact) mass is 1860 g/mol. The van der Waals surface area contributed by atoms with Crippen LogP contribution in [-0.4, -0.2) is 51.5 Å². The summed E-state index contributed by atoms with van der Waals surface area (Å²) >= 11 is 0. The average molecular weight is 1870 g/mol. The molecule has 0 bridgehead atoms. The first kappa shape index (κ1) is 84.3. The molecule has 0 saturated carbocycles. The van der Waals surface area contributed by atoms with Gasteiger partial charge in [-0.15, -0.1) is 0 Å². The number of para-hydroxylation sites is 15. The van der Waals surface area contributed by atoms with Crippen LogP contribution >= 0.6 is 0 Å². The normalized spacial score (nSPS) is 11.7. The minimum absolute atomic E-state index is 0.629. The molecule has 0 unspecified atom stereocenters. The highest BCUT2D eigenvalue weighted by Crippen LogP contribution is 2.49. The average Bonchev–Trinajstić information content (AvgIpc) is 1.55. The molecule has 684 valence electrons. The van der Waals surface area contributed by atoms with Gasteiger partial charge in [-0.25, -0.2) is 15.0 Å². The molecule has 146 heavy (non-hydrogen) atoms. The summed E-state index contributed by atoms with van der Waals surface area (Å²) in [4.78, 5) is 15.0. The Hall–Kier alpha value is -19.8. The molecule has 0 fully saturated rings. The van der Waals surface area contributed by atoms with Crippen LogP contribution in [0.5, 0.6) is 0 Å². The van der Waals surface area contributed by atoms with Crippen LogP contribution in [0.1, 0.15) is 0 Å². The van der Waals surface area contributed by atoms with E-state index in [1.807, 2.05) is 60.7 Å². The molecule has 0 aliphatic carbocycles. The van der Waals surface area contributed by atoms with Crippen molar-refractivity contribution in [2.24, 2.45) is 0 Å². The van der Waals surface area contributed by atoms with Crippen molar-refractivity contribution in [3.8, 4) is 79.7 Å². The summed E-state index contributed by atoms with van der Waals surface area (Å²) in [6, 6.07) is 192. The van der Waals surface area contributed by atoms with Crippen molar-refractivity contribution in [3.63, 3.8) is 0 Å². The third-order valence-corrected chi connectivity index (χ3v) is 29.0. The van der Waals surface area contributed by atoms with E-state index in [0.29, 0.717) is 17.5 Å². The molecule has 31 aromatic rings. The molecule has 11 nitrogen and oxygen atoms in total. The van der Waals surface area contributed by atoms with E-state index in [0.717, 1.165) is 39.1 Å². The van der Waals surface area contributed by atoms with E-state index < -0.39 is 0 Å². The highest BCUT2D eigenvalue weighted by molar-refractivity contribution is 6.31. The molecule has 0 N–H and O–H groups in total. The minimum atomic E-state index is 0.629. The van der Waals surface area contributed by atoms with Crippen LogP contribution in [0.4, 0.5) is 0 Å². The van der Waals surface area contributed by atoms with E-state index >= 15 is 0 Å². The fraction of sp³-hybridized carbons (Fsp3) is 0. The van der Waals surface area contributed by atoms with Crippen LogP contribution in [-0.2, 0) is 0 Å². The number of nitrogens with zero attached hydrogens (tertiary/aromatic N) is 11. The first-order chi connectivity index (χ1) is 72.5. The number of fused-ring (bicyclic) bond motifs is 27. The van der Waals surface area contributed by atoms with Crippen molar-refractivity contribution >= 4 is 174 Å². The fourth-order valence-corrected chi connectivity index (χ4v) is 22.9. The van der Waals surface area contributed by atoms with Crippen LogP contribution in [0.3, 0.4) is 0 Å². The zero-order valence-electron chi connectivity index (χ0n) is 79.3. The summed E-state index contributed by atoms with van der Waals surface area (Å²) in [6.07, 6.45) is 0. The van der Waals surface area contributed by atoms with Crippen molar-refractivity contribution in [2.75, 3.05) is 0 Å². The molecule has 9 aromatic heterocycles. The van der Waals surface area contributed by atoms with Gasteiger partial charge in [0, 0.05) is 148 Å². The van der Waals surface area contributed by atoms with Gasteiger partial charge in [0.25, 0.3) is 0 Å². The largest absolute Gasteiger partial charge is 0.309 e. The van der Waals surface area contributed by atoms with E-state index in [9.17, 15) is 0 Å². The molecule has 0 radical (unpaired) electrons. The lowest BCUT2D eigenvalue weighted by molar-refractivity contribution is 1.07. The van der Waals surface area contributed by atoms with Gasteiger partial charge < -0.3 is 36.5 Å². The number of hydrogen-bond donors (Lipinski definition) is 0. The van der Waals surface area contributed by atoms with Crippen LogP contribution in [0, 0.1) is 0 Å². The van der Waals surface area contributed by atoms with Gasteiger partial charge in [-0.3, -0.25) is 0 Å². The van der Waals surface area contributed by atoms with Crippen molar-refractivity contribution in [1.82, 2.24) is 51.5 Å². The van der Waals surface area contributed by atoms with E-state index in [2.05, 4.69) is 516 Å². The highest BCUT2D eigenvalue weighted by Gasteiger charge is 2.28. The zero-order chi connectivity index (χ0) is 96.2. The summed E-state index contributed by atoms with van der Waals surface area (Å²) in [7, 11) is 0. The summed E-state index contributed by atoms with van der Waals surface area (Å²) in [5.74, 6) is 1.92. The van der Waals surface area contributed by atoms with Gasteiger partial charge in [-0.2, -0.15) is 0 Å². The second-order valence-corrected chi connectivity index (χ2v) is 37.2. The highest BCUT2D eigenvalue weighted by atomic mass is 15.1. The summed E-state index contributed by atoms with van der Waals surface area (Å²) in [5.41, 5.74) is 31.5. The van der Waals surface area contributed by atoms with Crippen molar-refractivity contribution < 1.29 is 0 Å². The van der Waals surface area contributed by atoms with Gasteiger partial charge in [0.15, 0.2) is 17.5 Å². The maximum absolute atomic E-state index is 5.04. The maximum Gasteiger partial charge on any atom is 0.164 e. The molecule has 0 saturated heterocycles. The Morgan fingerprint density at radius 1 is 0.110 bits per heavy atom. The van der Waals surface area contributed by atoms with Gasteiger partial charge in [0.2, 0.25) is 0 Å². The Morgan fingerprint density at radius 2 is 0.322 bits per heavy atom. The van der Waals surface area contributed by atoms with E-state index in [-0.39, 0.29) is 0 Å². The second-order valence-electron chi connectivity index (χ2n) is 37.2. The predicted molar refractivity (Wildman–Crippen MR) is 610 cm³/mol. The maximum atomic E-state index is 5.04. The van der Waals surface area contributed by atoms with Crippen molar-refractivity contribution in [1.29, 1.82) is 0 Å². The number of benzene rings is 22. The molecule has 31 rings (SSSR count). The smallest absolute Gasteiger partial charge is 0.164 e. The fourth-order valence-electron chi connectivity index (χ4n) is 22.9. The zero-order valence-corrected chi connectivity index (χ0v) is 79.3. The Kier molecular flexibility index (Phi) is 20.4. The Balaban J connectivity index is 0.0000000963. The Bertz CT molecular complexity index is 10100. The van der Waals surface area contributed by atoms with Crippen LogP contribution in [0.2, 0.25) is 0 Å². The predicted octanol–water partition coefficient (Wildman–Crippen LogP) is 34.7. The molecule has 0 aliphatic rings. The first-order valence-electron chi connectivity index (χ1n) is 49.7. The Morgan fingerprint density at radius 3 is 0.664 bits per heavy atom. The molecule has 11 heteroatoms. The standard InChI is InChI=1S/C45H29N5.3C30H20N2/c1-4-15-30(16-5-1)43-46-44(31-17-6-2-7-18-31)48-45(47-43)32-19-14-22-34(29-32)50-40-26-13-11-24-36(40)38-28-27-37-35-23-10-12-25-39(35)49(41(37)42(38)50)33-20-8-3-9-21-33;1-3-11-21(12-4-1)31-27-17-9-7-15-23(27)25-19-26-24-16-8-10-18-28(24)32(30(26)20-29(25)31)22-13-5-2-6-14-22;1-3-11-21(12-4-1)31-27-18-10-8-16-25(27)29-28(31)20-19-24-23-15-7-9-17-26(23)32(30(24)29)22-13-5-2-6-14-22;1-3-11-21(12-4-1)31-25-17-9-7-15-23(25)29-27(31)19-20-28-30(29)24-16-8-10-18-26(24)32(28)22-13-5-2-6-14-22/h1-29H;3*1-20H. The first-order valence-corrected chi connectivity index (χ1v) is 49.7. The summed E-state index contributed by atoms with van der Waals surface area (Å²) in [5, 5.41) is 20.3. The quantitative estimate of drug-likeness (QED) is 0.129. The van der Waals surface area contributed by atoms with Crippen molar-refractivity contribution in [3.05, 3.63) is 540 Å². The van der Waals surface area contributed by atoms with Gasteiger partial charge in [-0.05, 0) is 176 Å². The number of aromatic nitrogens is 11. The lowest BCUT2D eigenvalue weighted by Crippen LogP contribution is -2.01. The lowest BCUT2D eigenvalue weighted by Gasteiger charge is -2.14. The molecule has 22 aromatic carbocycles. The molecule has 0 atom stereocenters. The molecule has 0 spiro atoms. The third-order valence-electron chi connectivity index (χ3n) is 29.0. The molecular weight excluding hydrogens is 1780 g/mol. The van der Waals surface area contributed by atoms with Gasteiger partial charge in [0.1, 0.15) is 0 Å². The summed E-state index contributed by atoms with van der Waals surface area (Å²) < 4.78 is 19.2. The number of hydrogen-bond acceptors (Lipinski definition) is 3. The lowest BCUT2D eigenvalue weighted by atomic mass is 10.1. The van der Waals surface area contributed by atoms with Crippen LogP contribution in [0.25, 0.3) is 254 Å². The van der Waals surface area contributed by atoms with E-state index in [1.165, 1.54) is 198 Å². The van der Waals surface area contributed by atoms with Gasteiger partial charge in [-0.1, -0.05) is 364 Å². The minimum Gasteiger partial charge on any atom is -0.309 e. The molecule has 0 amide bonds. The molecule has 0 aliphatic heterocycles. The third kappa shape index (κ3) is 13.8.